The number of hydrogen-bond acceptors (Lipinski definition) is 2. The lowest BCUT2D eigenvalue weighted by atomic mass is 9.87. The number of methoxy groups -OCH3 is 1. The average Bonchev–Trinajstić information content (AvgIpc) is 3.29. The quantitative estimate of drug-likeness (QED) is 0.784. The van der Waals surface area contributed by atoms with Crippen LogP contribution in [-0.2, 0) is 5.41 Å². The molecule has 2 nitrogen and oxygen atoms in total. The van der Waals surface area contributed by atoms with E-state index in [-0.39, 0.29) is 11.2 Å². The number of carbonyl (C=O) groups is 1. The van der Waals surface area contributed by atoms with Gasteiger partial charge in [0.1, 0.15) is 5.75 Å². The van der Waals surface area contributed by atoms with Crippen molar-refractivity contribution in [3.63, 3.8) is 0 Å². The molecule has 0 bridgehead atoms. The standard InChI is InChI=1S/C18H18O2/c1-13-12-14(8-9-16(13)20-2)17(19)18(10-11-18)15-6-4-3-5-7-15/h3-9,12H,10-11H2,1-2H3. The minimum atomic E-state index is -0.289. The Morgan fingerprint density at radius 2 is 1.80 bits per heavy atom. The molecular formula is C18H18O2. The van der Waals surface area contributed by atoms with Crippen LogP contribution in [0.2, 0.25) is 0 Å². The third kappa shape index (κ3) is 2.01. The number of ketones is 1. The van der Waals surface area contributed by atoms with Gasteiger partial charge in [-0.3, -0.25) is 4.79 Å². The summed E-state index contributed by atoms with van der Waals surface area (Å²) in [6.45, 7) is 1.97. The van der Waals surface area contributed by atoms with Gasteiger partial charge in [-0.25, -0.2) is 0 Å². The molecule has 2 aromatic rings. The summed E-state index contributed by atoms with van der Waals surface area (Å²) in [5.41, 5.74) is 2.63. The number of carbonyl (C=O) groups excluding carboxylic acids is 1. The second-order valence-corrected chi connectivity index (χ2v) is 5.46. The fourth-order valence-corrected chi connectivity index (χ4v) is 2.82. The van der Waals surface area contributed by atoms with Gasteiger partial charge < -0.3 is 4.74 Å². The van der Waals surface area contributed by atoms with Crippen LogP contribution in [0.3, 0.4) is 0 Å². The van der Waals surface area contributed by atoms with Gasteiger partial charge in [0.25, 0.3) is 0 Å². The monoisotopic (exact) mass is 266 g/mol. The summed E-state index contributed by atoms with van der Waals surface area (Å²) >= 11 is 0. The van der Waals surface area contributed by atoms with Gasteiger partial charge in [-0.05, 0) is 49.1 Å². The van der Waals surface area contributed by atoms with Crippen molar-refractivity contribution in [2.45, 2.75) is 25.2 Å². The van der Waals surface area contributed by atoms with Crippen molar-refractivity contribution in [3.05, 3.63) is 65.2 Å². The molecule has 0 saturated heterocycles. The Hall–Kier alpha value is -2.09. The number of Topliss-reactive ketones (excluding diaryl/α,β-unsaturated/α-hetero) is 1. The molecule has 0 amide bonds. The minimum absolute atomic E-state index is 0.231. The van der Waals surface area contributed by atoms with E-state index in [1.54, 1.807) is 7.11 Å². The van der Waals surface area contributed by atoms with Crippen LogP contribution in [0.15, 0.2) is 48.5 Å². The SMILES string of the molecule is COc1ccc(C(=O)C2(c3ccccc3)CC2)cc1C. The lowest BCUT2D eigenvalue weighted by molar-refractivity contribution is 0.0946. The Morgan fingerprint density at radius 1 is 1.10 bits per heavy atom. The number of benzene rings is 2. The lowest BCUT2D eigenvalue weighted by Crippen LogP contribution is -2.20. The van der Waals surface area contributed by atoms with E-state index >= 15 is 0 Å². The van der Waals surface area contributed by atoms with Crippen molar-refractivity contribution in [2.24, 2.45) is 0 Å². The molecule has 102 valence electrons. The predicted octanol–water partition coefficient (Wildman–Crippen LogP) is 3.92. The van der Waals surface area contributed by atoms with Crippen LogP contribution in [0.1, 0.15) is 34.3 Å². The van der Waals surface area contributed by atoms with Gasteiger partial charge in [0.15, 0.2) is 5.78 Å². The zero-order chi connectivity index (χ0) is 14.2. The number of ether oxygens (including phenoxy) is 1. The Morgan fingerprint density at radius 3 is 2.35 bits per heavy atom. The first kappa shape index (κ1) is 12.9. The highest BCUT2D eigenvalue weighted by molar-refractivity contribution is 6.06. The molecule has 0 spiro atoms. The van der Waals surface area contributed by atoms with Gasteiger partial charge in [0.2, 0.25) is 0 Å². The maximum Gasteiger partial charge on any atom is 0.173 e. The molecule has 0 radical (unpaired) electrons. The van der Waals surface area contributed by atoms with Crippen LogP contribution < -0.4 is 4.74 Å². The van der Waals surface area contributed by atoms with Gasteiger partial charge in [-0.15, -0.1) is 0 Å². The van der Waals surface area contributed by atoms with E-state index in [2.05, 4.69) is 12.1 Å². The van der Waals surface area contributed by atoms with E-state index in [4.69, 9.17) is 4.74 Å². The van der Waals surface area contributed by atoms with E-state index in [1.165, 1.54) is 0 Å². The highest BCUT2D eigenvalue weighted by Gasteiger charge is 2.51. The fourth-order valence-electron chi connectivity index (χ4n) is 2.82. The third-order valence-corrected chi connectivity index (χ3v) is 4.17. The summed E-state index contributed by atoms with van der Waals surface area (Å²) in [6.07, 6.45) is 1.89. The largest absolute Gasteiger partial charge is 0.496 e. The molecule has 0 aliphatic heterocycles. The Kier molecular flexibility index (Phi) is 3.09. The molecular weight excluding hydrogens is 248 g/mol. The molecule has 2 heteroatoms. The molecule has 0 aromatic heterocycles. The second-order valence-electron chi connectivity index (χ2n) is 5.46. The zero-order valence-electron chi connectivity index (χ0n) is 11.8. The first-order valence-corrected chi connectivity index (χ1v) is 6.92. The number of rotatable bonds is 4. The van der Waals surface area contributed by atoms with Crippen molar-refractivity contribution in [3.8, 4) is 5.75 Å². The smallest absolute Gasteiger partial charge is 0.173 e. The molecule has 20 heavy (non-hydrogen) atoms. The maximum atomic E-state index is 12.8. The van der Waals surface area contributed by atoms with Crippen molar-refractivity contribution >= 4 is 5.78 Å². The summed E-state index contributed by atoms with van der Waals surface area (Å²) in [7, 11) is 1.65. The van der Waals surface area contributed by atoms with Gasteiger partial charge >= 0.3 is 0 Å². The number of aryl methyl sites for hydroxylation is 1. The van der Waals surface area contributed by atoms with Gasteiger partial charge in [-0.1, -0.05) is 30.3 Å². The van der Waals surface area contributed by atoms with Crippen LogP contribution in [0.5, 0.6) is 5.75 Å². The Labute approximate surface area is 119 Å². The zero-order valence-corrected chi connectivity index (χ0v) is 11.8. The Balaban J connectivity index is 1.95. The first-order valence-electron chi connectivity index (χ1n) is 6.92. The molecule has 1 saturated carbocycles. The second kappa shape index (κ2) is 4.78. The van der Waals surface area contributed by atoms with Crippen molar-refractivity contribution in [1.29, 1.82) is 0 Å². The molecule has 2 aromatic carbocycles. The van der Waals surface area contributed by atoms with Crippen LogP contribution in [0.4, 0.5) is 0 Å². The van der Waals surface area contributed by atoms with Crippen LogP contribution in [0, 0.1) is 6.92 Å². The van der Waals surface area contributed by atoms with Gasteiger partial charge in [-0.2, -0.15) is 0 Å². The topological polar surface area (TPSA) is 26.3 Å². The summed E-state index contributed by atoms with van der Waals surface area (Å²) in [4.78, 5) is 12.8. The Bertz CT molecular complexity index is 640. The molecule has 0 atom stereocenters. The highest BCUT2D eigenvalue weighted by atomic mass is 16.5. The maximum absolute atomic E-state index is 12.8. The minimum Gasteiger partial charge on any atom is -0.496 e. The van der Waals surface area contributed by atoms with E-state index < -0.39 is 0 Å². The van der Waals surface area contributed by atoms with Crippen molar-refractivity contribution < 1.29 is 9.53 Å². The van der Waals surface area contributed by atoms with Gasteiger partial charge in [0, 0.05) is 5.56 Å². The molecule has 1 aliphatic rings. The summed E-state index contributed by atoms with van der Waals surface area (Å²) < 4.78 is 5.25. The van der Waals surface area contributed by atoms with E-state index in [0.717, 1.165) is 35.3 Å². The normalized spacial score (nSPS) is 15.7. The van der Waals surface area contributed by atoms with Crippen molar-refractivity contribution in [1.82, 2.24) is 0 Å². The molecule has 1 aliphatic carbocycles. The van der Waals surface area contributed by atoms with E-state index in [1.807, 2.05) is 43.3 Å². The van der Waals surface area contributed by atoms with Crippen LogP contribution in [0.25, 0.3) is 0 Å². The first-order chi connectivity index (χ1) is 9.67. The highest BCUT2D eigenvalue weighted by Crippen LogP contribution is 2.50. The van der Waals surface area contributed by atoms with E-state index in [9.17, 15) is 4.79 Å². The van der Waals surface area contributed by atoms with Crippen molar-refractivity contribution in [2.75, 3.05) is 7.11 Å². The average molecular weight is 266 g/mol. The van der Waals surface area contributed by atoms with E-state index in [0.29, 0.717) is 0 Å². The molecule has 1 fully saturated rings. The molecule has 3 rings (SSSR count). The van der Waals surface area contributed by atoms with Crippen LogP contribution >= 0.6 is 0 Å². The van der Waals surface area contributed by atoms with Crippen LogP contribution in [-0.4, -0.2) is 12.9 Å². The lowest BCUT2D eigenvalue weighted by Gasteiger charge is -2.15. The molecule has 0 unspecified atom stereocenters. The van der Waals surface area contributed by atoms with Gasteiger partial charge in [0.05, 0.1) is 12.5 Å². The number of hydrogen-bond donors (Lipinski definition) is 0. The summed E-state index contributed by atoms with van der Waals surface area (Å²) in [5, 5.41) is 0. The summed E-state index contributed by atoms with van der Waals surface area (Å²) in [5.74, 6) is 1.06. The third-order valence-electron chi connectivity index (χ3n) is 4.17. The molecule has 0 N–H and O–H groups in total. The fraction of sp³-hybridized carbons (Fsp3) is 0.278. The molecule has 0 heterocycles. The predicted molar refractivity (Wildman–Crippen MR) is 79.4 cm³/mol. The summed E-state index contributed by atoms with van der Waals surface area (Å²) in [6, 6.07) is 15.8.